The van der Waals surface area contributed by atoms with E-state index in [1.54, 1.807) is 0 Å². The third kappa shape index (κ3) is 2.02. The molecule has 1 aliphatic rings. The number of cyclic esters (lactones) is 1. The topological polar surface area (TPSA) is 26.3 Å². The quantitative estimate of drug-likeness (QED) is 0.613. The molecule has 16 heavy (non-hydrogen) atoms. The zero-order valence-corrected chi connectivity index (χ0v) is 10.5. The van der Waals surface area contributed by atoms with Crippen molar-refractivity contribution >= 4 is 40.8 Å². The average Bonchev–Trinajstić information content (AvgIpc) is 2.54. The molecular weight excluding hydrogens is 270 g/mol. The maximum atomic E-state index is 11.3. The van der Waals surface area contributed by atoms with Crippen LogP contribution in [0.15, 0.2) is 30.3 Å². The predicted octanol–water partition coefficient (Wildman–Crippen LogP) is 3.31. The number of esters is 1. The highest BCUT2D eigenvalue weighted by Gasteiger charge is 2.53. The highest BCUT2D eigenvalue weighted by Crippen LogP contribution is 2.46. The Bertz CT molecular complexity index is 391. The highest BCUT2D eigenvalue weighted by molar-refractivity contribution is 6.58. The van der Waals surface area contributed by atoms with Gasteiger partial charge < -0.3 is 4.74 Å². The molecule has 0 aliphatic carbocycles. The van der Waals surface area contributed by atoms with Crippen molar-refractivity contribution in [3.8, 4) is 0 Å². The number of hydrogen-bond donors (Lipinski definition) is 0. The molecule has 1 fully saturated rings. The first-order chi connectivity index (χ1) is 7.53. The normalized spacial score (nSPS) is 25.2. The van der Waals surface area contributed by atoms with Gasteiger partial charge in [-0.05, 0) is 5.56 Å². The SMILES string of the molecule is O=C1OC[C@H]([C@@H](Cl)c2ccccc2)C1(Cl)Cl. The minimum Gasteiger partial charge on any atom is -0.463 e. The molecule has 2 nitrogen and oxygen atoms in total. The number of halogens is 3. The summed E-state index contributed by atoms with van der Waals surface area (Å²) in [4.78, 5) is 11.3. The average molecular weight is 280 g/mol. The summed E-state index contributed by atoms with van der Waals surface area (Å²) in [6.07, 6.45) is 0. The number of carbonyl (C=O) groups excluding carboxylic acids is 1. The van der Waals surface area contributed by atoms with Gasteiger partial charge in [-0.2, -0.15) is 0 Å². The predicted molar refractivity (Wildman–Crippen MR) is 63.9 cm³/mol. The van der Waals surface area contributed by atoms with E-state index in [0.29, 0.717) is 0 Å². The van der Waals surface area contributed by atoms with E-state index in [0.717, 1.165) is 5.56 Å². The molecule has 2 atom stereocenters. The molecule has 1 saturated heterocycles. The third-order valence-corrected chi connectivity index (χ3v) is 4.03. The first-order valence-electron chi connectivity index (χ1n) is 4.77. The Morgan fingerprint density at radius 1 is 1.31 bits per heavy atom. The summed E-state index contributed by atoms with van der Waals surface area (Å²) in [7, 11) is 0. The fourth-order valence-corrected chi connectivity index (χ4v) is 2.68. The van der Waals surface area contributed by atoms with Crippen molar-refractivity contribution < 1.29 is 9.53 Å². The molecule has 0 spiro atoms. The summed E-state index contributed by atoms with van der Waals surface area (Å²) in [5, 5.41) is -0.442. The zero-order valence-electron chi connectivity index (χ0n) is 8.20. The second-order valence-corrected chi connectivity index (χ2v) is 5.50. The summed E-state index contributed by atoms with van der Waals surface area (Å²) >= 11 is 18.1. The molecule has 0 radical (unpaired) electrons. The van der Waals surface area contributed by atoms with Crippen molar-refractivity contribution in [2.75, 3.05) is 6.61 Å². The van der Waals surface area contributed by atoms with Crippen LogP contribution in [0.4, 0.5) is 0 Å². The van der Waals surface area contributed by atoms with Gasteiger partial charge in [0.1, 0.15) is 0 Å². The van der Waals surface area contributed by atoms with Crippen LogP contribution in [-0.4, -0.2) is 16.9 Å². The van der Waals surface area contributed by atoms with Gasteiger partial charge in [0, 0.05) is 0 Å². The van der Waals surface area contributed by atoms with E-state index >= 15 is 0 Å². The van der Waals surface area contributed by atoms with E-state index in [2.05, 4.69) is 0 Å². The molecule has 1 heterocycles. The molecule has 1 aromatic rings. The van der Waals surface area contributed by atoms with Gasteiger partial charge in [0.15, 0.2) is 0 Å². The van der Waals surface area contributed by atoms with Gasteiger partial charge in [-0.25, -0.2) is 4.79 Å². The Morgan fingerprint density at radius 3 is 2.44 bits per heavy atom. The number of ether oxygens (including phenoxy) is 1. The van der Waals surface area contributed by atoms with Gasteiger partial charge in [-0.15, -0.1) is 11.6 Å². The lowest BCUT2D eigenvalue weighted by Gasteiger charge is -2.22. The van der Waals surface area contributed by atoms with Crippen LogP contribution >= 0.6 is 34.8 Å². The number of benzene rings is 1. The Balaban J connectivity index is 2.24. The molecule has 5 heteroatoms. The lowest BCUT2D eigenvalue weighted by molar-refractivity contribution is -0.138. The summed E-state index contributed by atoms with van der Waals surface area (Å²) in [6, 6.07) is 9.35. The Kier molecular flexibility index (Phi) is 3.34. The van der Waals surface area contributed by atoms with Crippen LogP contribution in [0.1, 0.15) is 10.9 Å². The van der Waals surface area contributed by atoms with Gasteiger partial charge in [-0.1, -0.05) is 53.5 Å². The first-order valence-corrected chi connectivity index (χ1v) is 5.97. The van der Waals surface area contributed by atoms with Crippen molar-refractivity contribution in [1.82, 2.24) is 0 Å². The van der Waals surface area contributed by atoms with E-state index in [-0.39, 0.29) is 6.61 Å². The maximum absolute atomic E-state index is 11.3. The van der Waals surface area contributed by atoms with E-state index in [1.807, 2.05) is 30.3 Å². The summed E-state index contributed by atoms with van der Waals surface area (Å²) in [5.74, 6) is -1.06. The molecule has 0 bridgehead atoms. The molecule has 0 saturated carbocycles. The van der Waals surface area contributed by atoms with Gasteiger partial charge in [0.25, 0.3) is 0 Å². The Morgan fingerprint density at radius 2 is 1.94 bits per heavy atom. The zero-order chi connectivity index (χ0) is 11.8. The largest absolute Gasteiger partial charge is 0.463 e. The summed E-state index contributed by atoms with van der Waals surface area (Å²) < 4.78 is 3.28. The first kappa shape index (κ1) is 12.0. The van der Waals surface area contributed by atoms with Crippen LogP contribution in [-0.2, 0) is 9.53 Å². The van der Waals surface area contributed by atoms with E-state index in [1.165, 1.54) is 0 Å². The summed E-state index contributed by atoms with van der Waals surface area (Å²) in [5.41, 5.74) is 0.873. The Labute approximate surface area is 108 Å². The highest BCUT2D eigenvalue weighted by atomic mass is 35.5. The fraction of sp³-hybridized carbons (Fsp3) is 0.364. The van der Waals surface area contributed by atoms with E-state index < -0.39 is 21.6 Å². The number of carbonyl (C=O) groups is 1. The molecule has 1 aromatic carbocycles. The van der Waals surface area contributed by atoms with Gasteiger partial charge in [0.2, 0.25) is 4.33 Å². The minimum atomic E-state index is -1.55. The second kappa shape index (κ2) is 4.44. The molecular formula is C11H9Cl3O2. The van der Waals surface area contributed by atoms with Crippen molar-refractivity contribution in [2.45, 2.75) is 9.71 Å². The monoisotopic (exact) mass is 278 g/mol. The minimum absolute atomic E-state index is 0.148. The van der Waals surface area contributed by atoms with E-state index in [4.69, 9.17) is 39.5 Å². The molecule has 1 aliphatic heterocycles. The van der Waals surface area contributed by atoms with Gasteiger partial charge in [0.05, 0.1) is 17.9 Å². The fourth-order valence-electron chi connectivity index (χ4n) is 1.66. The molecule has 0 aromatic heterocycles. The maximum Gasteiger partial charge on any atom is 0.343 e. The number of rotatable bonds is 2. The van der Waals surface area contributed by atoms with Crippen LogP contribution in [0, 0.1) is 5.92 Å². The molecule has 2 rings (SSSR count). The van der Waals surface area contributed by atoms with Crippen molar-refractivity contribution in [2.24, 2.45) is 5.92 Å². The van der Waals surface area contributed by atoms with Crippen LogP contribution in [0.5, 0.6) is 0 Å². The molecule has 0 amide bonds. The Hall–Kier alpha value is -0.440. The van der Waals surface area contributed by atoms with Crippen molar-refractivity contribution in [1.29, 1.82) is 0 Å². The molecule has 86 valence electrons. The van der Waals surface area contributed by atoms with Crippen LogP contribution in [0.2, 0.25) is 0 Å². The number of alkyl halides is 3. The second-order valence-electron chi connectivity index (χ2n) is 3.64. The lowest BCUT2D eigenvalue weighted by Crippen LogP contribution is -2.30. The lowest BCUT2D eigenvalue weighted by atomic mass is 9.97. The standard InChI is InChI=1S/C11H9Cl3O2/c12-9(7-4-2-1-3-5-7)8-6-16-10(15)11(8,13)14/h1-5,8-9H,6H2/t8-,9+/m1/s1. The van der Waals surface area contributed by atoms with Gasteiger partial charge in [-0.3, -0.25) is 0 Å². The molecule has 0 N–H and O–H groups in total. The van der Waals surface area contributed by atoms with Crippen molar-refractivity contribution in [3.63, 3.8) is 0 Å². The van der Waals surface area contributed by atoms with Crippen LogP contribution < -0.4 is 0 Å². The van der Waals surface area contributed by atoms with Gasteiger partial charge >= 0.3 is 5.97 Å². The van der Waals surface area contributed by atoms with Crippen LogP contribution in [0.25, 0.3) is 0 Å². The number of hydrogen-bond acceptors (Lipinski definition) is 2. The van der Waals surface area contributed by atoms with Crippen molar-refractivity contribution in [3.05, 3.63) is 35.9 Å². The molecule has 0 unspecified atom stereocenters. The van der Waals surface area contributed by atoms with Crippen LogP contribution in [0.3, 0.4) is 0 Å². The summed E-state index contributed by atoms with van der Waals surface area (Å²) in [6.45, 7) is 0.148. The smallest absolute Gasteiger partial charge is 0.343 e. The third-order valence-electron chi connectivity index (χ3n) is 2.60. The van der Waals surface area contributed by atoms with E-state index in [9.17, 15) is 4.79 Å².